The fourth-order valence-electron chi connectivity index (χ4n) is 1.93. The maximum absolute atomic E-state index is 9.46. The van der Waals surface area contributed by atoms with Crippen molar-refractivity contribution in [3.8, 4) is 17.1 Å². The topological polar surface area (TPSA) is 85.2 Å². The van der Waals surface area contributed by atoms with E-state index < -0.39 is 6.04 Å². The Hall–Kier alpha value is -2.66. The van der Waals surface area contributed by atoms with Gasteiger partial charge in [0.1, 0.15) is 11.8 Å². The summed E-state index contributed by atoms with van der Waals surface area (Å²) in [6.45, 7) is 0. The molecule has 1 atom stereocenters. The highest BCUT2D eigenvalue weighted by atomic mass is 16.5. The Labute approximate surface area is 115 Å². The SMILES string of the molecule is N[C@@H](c1ccccc1)c1nc(-c2cccc(O)c2)no1. The summed E-state index contributed by atoms with van der Waals surface area (Å²) in [4.78, 5) is 4.28. The van der Waals surface area contributed by atoms with Crippen molar-refractivity contribution in [2.75, 3.05) is 0 Å². The van der Waals surface area contributed by atoms with Crippen LogP contribution >= 0.6 is 0 Å². The van der Waals surface area contributed by atoms with Gasteiger partial charge in [0.15, 0.2) is 0 Å². The van der Waals surface area contributed by atoms with Gasteiger partial charge in [0.25, 0.3) is 0 Å². The molecular weight excluding hydrogens is 254 g/mol. The van der Waals surface area contributed by atoms with Crippen LogP contribution in [0.1, 0.15) is 17.5 Å². The predicted molar refractivity (Wildman–Crippen MR) is 73.9 cm³/mol. The third kappa shape index (κ3) is 2.39. The predicted octanol–water partition coefficient (Wildman–Crippen LogP) is 2.49. The average Bonchev–Trinajstić information content (AvgIpc) is 2.97. The van der Waals surface area contributed by atoms with Gasteiger partial charge in [-0.05, 0) is 17.7 Å². The van der Waals surface area contributed by atoms with Crippen LogP contribution in [0, 0.1) is 0 Å². The highest BCUT2D eigenvalue weighted by Gasteiger charge is 2.17. The maximum atomic E-state index is 9.46. The number of hydrogen-bond donors (Lipinski definition) is 2. The second kappa shape index (κ2) is 5.14. The van der Waals surface area contributed by atoms with E-state index in [4.69, 9.17) is 10.3 Å². The molecule has 100 valence electrons. The van der Waals surface area contributed by atoms with Crippen LogP contribution in [0.2, 0.25) is 0 Å². The van der Waals surface area contributed by atoms with Crippen molar-refractivity contribution in [1.29, 1.82) is 0 Å². The van der Waals surface area contributed by atoms with E-state index in [0.29, 0.717) is 17.3 Å². The molecule has 1 aromatic heterocycles. The summed E-state index contributed by atoms with van der Waals surface area (Å²) >= 11 is 0. The molecule has 3 N–H and O–H groups in total. The lowest BCUT2D eigenvalue weighted by molar-refractivity contribution is 0.367. The van der Waals surface area contributed by atoms with Crippen LogP contribution in [-0.4, -0.2) is 15.2 Å². The lowest BCUT2D eigenvalue weighted by Gasteiger charge is -2.05. The molecule has 20 heavy (non-hydrogen) atoms. The van der Waals surface area contributed by atoms with Crippen molar-refractivity contribution in [3.63, 3.8) is 0 Å². The van der Waals surface area contributed by atoms with E-state index in [1.165, 1.54) is 0 Å². The molecule has 3 rings (SSSR count). The summed E-state index contributed by atoms with van der Waals surface area (Å²) in [5.41, 5.74) is 7.67. The molecule has 0 bridgehead atoms. The molecule has 0 radical (unpaired) electrons. The third-order valence-corrected chi connectivity index (χ3v) is 2.97. The summed E-state index contributed by atoms with van der Waals surface area (Å²) < 4.78 is 5.21. The second-order valence-corrected chi connectivity index (χ2v) is 4.39. The Morgan fingerprint density at radius 1 is 1.05 bits per heavy atom. The molecule has 5 nitrogen and oxygen atoms in total. The van der Waals surface area contributed by atoms with Gasteiger partial charge in [0, 0.05) is 5.56 Å². The van der Waals surface area contributed by atoms with E-state index in [1.54, 1.807) is 24.3 Å². The van der Waals surface area contributed by atoms with E-state index in [0.717, 1.165) is 5.56 Å². The number of rotatable bonds is 3. The van der Waals surface area contributed by atoms with Crippen LogP contribution < -0.4 is 5.73 Å². The van der Waals surface area contributed by atoms with E-state index >= 15 is 0 Å². The second-order valence-electron chi connectivity index (χ2n) is 4.39. The number of phenolic OH excluding ortho intramolecular Hbond substituents is 1. The Balaban J connectivity index is 1.91. The molecule has 0 saturated carbocycles. The molecule has 5 heteroatoms. The zero-order valence-electron chi connectivity index (χ0n) is 10.6. The number of nitrogens with zero attached hydrogens (tertiary/aromatic N) is 2. The molecule has 0 aliphatic carbocycles. The summed E-state index contributed by atoms with van der Waals surface area (Å²) in [6, 6.07) is 15.7. The van der Waals surface area contributed by atoms with Gasteiger partial charge in [0.2, 0.25) is 11.7 Å². The lowest BCUT2D eigenvalue weighted by Crippen LogP contribution is -2.11. The van der Waals surface area contributed by atoms with Crippen LogP contribution in [0.3, 0.4) is 0 Å². The highest BCUT2D eigenvalue weighted by Crippen LogP contribution is 2.23. The Morgan fingerprint density at radius 3 is 2.60 bits per heavy atom. The number of nitrogens with two attached hydrogens (primary N) is 1. The van der Waals surface area contributed by atoms with Gasteiger partial charge in [0.05, 0.1) is 0 Å². The molecule has 2 aromatic carbocycles. The summed E-state index contributed by atoms with van der Waals surface area (Å²) in [5, 5.41) is 13.4. The van der Waals surface area contributed by atoms with Gasteiger partial charge in [-0.15, -0.1) is 0 Å². The fraction of sp³-hybridized carbons (Fsp3) is 0.0667. The van der Waals surface area contributed by atoms with Gasteiger partial charge < -0.3 is 15.4 Å². The molecule has 1 heterocycles. The summed E-state index contributed by atoms with van der Waals surface area (Å²) in [6.07, 6.45) is 0. The van der Waals surface area contributed by atoms with E-state index in [2.05, 4.69) is 10.1 Å². The highest BCUT2D eigenvalue weighted by molar-refractivity contribution is 5.56. The van der Waals surface area contributed by atoms with Crippen LogP contribution in [0.5, 0.6) is 5.75 Å². The van der Waals surface area contributed by atoms with Crippen molar-refractivity contribution in [1.82, 2.24) is 10.1 Å². The lowest BCUT2D eigenvalue weighted by atomic mass is 10.1. The maximum Gasteiger partial charge on any atom is 0.248 e. The van der Waals surface area contributed by atoms with Crippen LogP contribution in [0.15, 0.2) is 59.1 Å². The molecule has 0 spiro atoms. The molecular formula is C15H13N3O2. The standard InChI is InChI=1S/C15H13N3O2/c16-13(10-5-2-1-3-6-10)15-17-14(18-20-15)11-7-4-8-12(19)9-11/h1-9,13,19H,16H2/t13-/m0/s1. The average molecular weight is 267 g/mol. The van der Waals surface area contributed by atoms with Gasteiger partial charge in [-0.1, -0.05) is 47.6 Å². The quantitative estimate of drug-likeness (QED) is 0.761. The van der Waals surface area contributed by atoms with Crippen molar-refractivity contribution < 1.29 is 9.63 Å². The Kier molecular flexibility index (Phi) is 3.18. The molecule has 0 aliphatic rings. The largest absolute Gasteiger partial charge is 0.508 e. The molecule has 0 unspecified atom stereocenters. The summed E-state index contributed by atoms with van der Waals surface area (Å²) in [5.74, 6) is 0.901. The number of phenols is 1. The van der Waals surface area contributed by atoms with Crippen molar-refractivity contribution >= 4 is 0 Å². The normalized spacial score (nSPS) is 12.2. The van der Waals surface area contributed by atoms with Gasteiger partial charge in [-0.25, -0.2) is 0 Å². The molecule has 3 aromatic rings. The zero-order chi connectivity index (χ0) is 13.9. The van der Waals surface area contributed by atoms with E-state index in [1.807, 2.05) is 30.3 Å². The monoisotopic (exact) mass is 267 g/mol. The van der Waals surface area contributed by atoms with Gasteiger partial charge in [-0.2, -0.15) is 4.98 Å². The first-order valence-electron chi connectivity index (χ1n) is 6.17. The van der Waals surface area contributed by atoms with Crippen molar-refractivity contribution in [2.24, 2.45) is 5.73 Å². The Morgan fingerprint density at radius 2 is 1.85 bits per heavy atom. The molecule has 0 aliphatic heterocycles. The molecule has 0 saturated heterocycles. The smallest absolute Gasteiger partial charge is 0.248 e. The van der Waals surface area contributed by atoms with Crippen LogP contribution in [0.25, 0.3) is 11.4 Å². The molecule has 0 fully saturated rings. The summed E-state index contributed by atoms with van der Waals surface area (Å²) in [7, 11) is 0. The number of benzene rings is 2. The van der Waals surface area contributed by atoms with Crippen molar-refractivity contribution in [3.05, 3.63) is 66.1 Å². The first-order valence-corrected chi connectivity index (χ1v) is 6.17. The third-order valence-electron chi connectivity index (χ3n) is 2.97. The molecule has 0 amide bonds. The first-order chi connectivity index (χ1) is 9.74. The first kappa shape index (κ1) is 12.4. The number of aromatic hydroxyl groups is 1. The number of aromatic nitrogens is 2. The van der Waals surface area contributed by atoms with Crippen LogP contribution in [0.4, 0.5) is 0 Å². The van der Waals surface area contributed by atoms with Gasteiger partial charge in [-0.3, -0.25) is 0 Å². The van der Waals surface area contributed by atoms with E-state index in [9.17, 15) is 5.11 Å². The zero-order valence-corrected chi connectivity index (χ0v) is 10.6. The minimum absolute atomic E-state index is 0.154. The van der Waals surface area contributed by atoms with Gasteiger partial charge >= 0.3 is 0 Å². The van der Waals surface area contributed by atoms with Crippen LogP contribution in [-0.2, 0) is 0 Å². The van der Waals surface area contributed by atoms with E-state index in [-0.39, 0.29) is 5.75 Å². The fourth-order valence-corrected chi connectivity index (χ4v) is 1.93. The minimum Gasteiger partial charge on any atom is -0.508 e. The number of hydrogen-bond acceptors (Lipinski definition) is 5. The van der Waals surface area contributed by atoms with Crippen molar-refractivity contribution in [2.45, 2.75) is 6.04 Å². The Bertz CT molecular complexity index is 710. The minimum atomic E-state index is -0.463.